The van der Waals surface area contributed by atoms with Crippen LogP contribution in [0.2, 0.25) is 0 Å². The number of halogens is 2. The molecule has 0 bridgehead atoms. The van der Waals surface area contributed by atoms with E-state index in [1.807, 2.05) is 0 Å². The van der Waals surface area contributed by atoms with Crippen LogP contribution in [0.4, 0.5) is 8.78 Å². The lowest BCUT2D eigenvalue weighted by Gasteiger charge is -2.06. The van der Waals surface area contributed by atoms with Crippen LogP contribution in [-0.2, 0) is 13.5 Å². The van der Waals surface area contributed by atoms with Crippen molar-refractivity contribution in [1.82, 2.24) is 14.8 Å². The second-order valence-electron chi connectivity index (χ2n) is 3.70. The monoisotopic (exact) mass is 270 g/mol. The molecule has 18 heavy (non-hydrogen) atoms. The molecule has 0 fully saturated rings. The molecule has 0 aliphatic rings. The molecule has 2 rings (SSSR count). The highest BCUT2D eigenvalue weighted by Gasteiger charge is 2.15. The molecule has 0 unspecified atom stereocenters. The molecule has 4 nitrogen and oxygen atoms in total. The number of hydrogen-bond acceptors (Lipinski definition) is 4. The van der Waals surface area contributed by atoms with Crippen molar-refractivity contribution >= 4 is 11.8 Å². The Balaban J connectivity index is 2.31. The fourth-order valence-electron chi connectivity index (χ4n) is 1.49. The molecular formula is C11H12F2N4S. The van der Waals surface area contributed by atoms with Gasteiger partial charge in [-0.3, -0.25) is 0 Å². The maximum absolute atomic E-state index is 13.8. The summed E-state index contributed by atoms with van der Waals surface area (Å²) in [4.78, 5) is 3.84. The molecule has 0 saturated heterocycles. The van der Waals surface area contributed by atoms with Crippen LogP contribution in [0.1, 0.15) is 5.56 Å². The minimum absolute atomic E-state index is 0.0770. The fraction of sp³-hybridized carbons (Fsp3) is 0.273. The topological polar surface area (TPSA) is 56.7 Å². The van der Waals surface area contributed by atoms with Crippen LogP contribution in [0.3, 0.4) is 0 Å². The Hall–Kier alpha value is -1.47. The predicted octanol–water partition coefficient (Wildman–Crippen LogP) is 1.75. The van der Waals surface area contributed by atoms with E-state index in [0.29, 0.717) is 23.7 Å². The number of nitrogens with two attached hydrogens (primary N) is 1. The summed E-state index contributed by atoms with van der Waals surface area (Å²) in [5.74, 6) is -1.21. The third-order valence-corrected chi connectivity index (χ3v) is 3.50. The first kappa shape index (κ1) is 13.0. The zero-order chi connectivity index (χ0) is 13.1. The molecule has 2 N–H and O–H groups in total. The average Bonchev–Trinajstić information content (AvgIpc) is 2.70. The van der Waals surface area contributed by atoms with Crippen molar-refractivity contribution in [3.05, 3.63) is 35.7 Å². The molecule has 96 valence electrons. The van der Waals surface area contributed by atoms with Crippen LogP contribution in [0, 0.1) is 11.6 Å². The number of nitrogens with zero attached hydrogens (tertiary/aromatic N) is 3. The standard InChI is InChI=1S/C11H12F2N4S/c1-17-11(15-6-16-17)18-10-8(12)4-7(2-3-14)5-9(10)13/h4-6H,2-3,14H2,1H3. The van der Waals surface area contributed by atoms with Crippen molar-refractivity contribution in [2.45, 2.75) is 16.5 Å². The Kier molecular flexibility index (Phi) is 3.93. The Bertz CT molecular complexity index is 533. The highest BCUT2D eigenvalue weighted by molar-refractivity contribution is 7.99. The molecule has 1 heterocycles. The molecular weight excluding hydrogens is 258 g/mol. The summed E-state index contributed by atoms with van der Waals surface area (Å²) >= 11 is 0.909. The van der Waals surface area contributed by atoms with Gasteiger partial charge in [-0.05, 0) is 42.4 Å². The molecule has 0 spiro atoms. The van der Waals surface area contributed by atoms with Gasteiger partial charge in [0, 0.05) is 7.05 Å². The van der Waals surface area contributed by atoms with Crippen LogP contribution < -0.4 is 5.73 Å². The van der Waals surface area contributed by atoms with Crippen LogP contribution >= 0.6 is 11.8 Å². The molecule has 0 radical (unpaired) electrons. The van der Waals surface area contributed by atoms with Crippen LogP contribution in [0.25, 0.3) is 0 Å². The summed E-state index contributed by atoms with van der Waals surface area (Å²) < 4.78 is 29.1. The molecule has 0 aliphatic heterocycles. The van der Waals surface area contributed by atoms with Crippen LogP contribution in [0.5, 0.6) is 0 Å². The summed E-state index contributed by atoms with van der Waals surface area (Å²) in [7, 11) is 1.66. The minimum Gasteiger partial charge on any atom is -0.330 e. The lowest BCUT2D eigenvalue weighted by Crippen LogP contribution is -2.04. The van der Waals surface area contributed by atoms with Gasteiger partial charge in [-0.2, -0.15) is 5.10 Å². The molecule has 0 saturated carbocycles. The lowest BCUT2D eigenvalue weighted by atomic mass is 10.1. The molecule has 0 aliphatic carbocycles. The Labute approximate surface area is 107 Å². The van der Waals surface area contributed by atoms with Gasteiger partial charge in [0.1, 0.15) is 18.0 Å². The molecule has 1 aromatic heterocycles. The minimum atomic E-state index is -0.605. The van der Waals surface area contributed by atoms with Crippen molar-refractivity contribution in [2.75, 3.05) is 6.54 Å². The average molecular weight is 270 g/mol. The van der Waals surface area contributed by atoms with E-state index in [1.165, 1.54) is 23.1 Å². The normalized spacial score (nSPS) is 10.9. The van der Waals surface area contributed by atoms with E-state index in [2.05, 4.69) is 10.1 Å². The van der Waals surface area contributed by atoms with Gasteiger partial charge in [0.15, 0.2) is 5.16 Å². The van der Waals surface area contributed by atoms with Gasteiger partial charge in [-0.25, -0.2) is 18.4 Å². The van der Waals surface area contributed by atoms with Gasteiger partial charge in [0.05, 0.1) is 4.90 Å². The summed E-state index contributed by atoms with van der Waals surface area (Å²) in [6.07, 6.45) is 1.78. The smallest absolute Gasteiger partial charge is 0.190 e. The van der Waals surface area contributed by atoms with Gasteiger partial charge in [0.2, 0.25) is 0 Å². The molecule has 7 heteroatoms. The second kappa shape index (κ2) is 5.45. The third-order valence-electron chi connectivity index (χ3n) is 2.35. The third kappa shape index (κ3) is 2.68. The largest absolute Gasteiger partial charge is 0.330 e. The maximum atomic E-state index is 13.8. The molecule has 0 atom stereocenters. The predicted molar refractivity (Wildman–Crippen MR) is 64.2 cm³/mol. The van der Waals surface area contributed by atoms with Crippen LogP contribution in [0.15, 0.2) is 28.5 Å². The van der Waals surface area contributed by atoms with Gasteiger partial charge in [-0.15, -0.1) is 0 Å². The second-order valence-corrected chi connectivity index (χ2v) is 4.67. The summed E-state index contributed by atoms with van der Waals surface area (Å²) in [5.41, 5.74) is 5.91. The van der Waals surface area contributed by atoms with Gasteiger partial charge >= 0.3 is 0 Å². The van der Waals surface area contributed by atoms with Crippen LogP contribution in [-0.4, -0.2) is 21.3 Å². The van der Waals surface area contributed by atoms with Gasteiger partial charge in [-0.1, -0.05) is 0 Å². The highest BCUT2D eigenvalue weighted by atomic mass is 32.2. The number of aromatic nitrogens is 3. The number of hydrogen-bond donors (Lipinski definition) is 1. The van der Waals surface area contributed by atoms with E-state index >= 15 is 0 Å². The van der Waals surface area contributed by atoms with Gasteiger partial charge < -0.3 is 5.73 Å². The molecule has 2 aromatic rings. The Morgan fingerprint density at radius 3 is 2.50 bits per heavy atom. The SMILES string of the molecule is Cn1ncnc1Sc1c(F)cc(CCN)cc1F. The maximum Gasteiger partial charge on any atom is 0.190 e. The quantitative estimate of drug-likeness (QED) is 0.919. The van der Waals surface area contributed by atoms with E-state index in [4.69, 9.17) is 5.73 Å². The zero-order valence-corrected chi connectivity index (χ0v) is 10.5. The van der Waals surface area contributed by atoms with E-state index in [9.17, 15) is 8.78 Å². The fourth-order valence-corrected chi connectivity index (χ4v) is 2.26. The first-order chi connectivity index (χ1) is 8.61. The summed E-state index contributed by atoms with van der Waals surface area (Å²) in [6, 6.07) is 2.60. The van der Waals surface area contributed by atoms with Crippen molar-refractivity contribution in [1.29, 1.82) is 0 Å². The number of rotatable bonds is 4. The number of aryl methyl sites for hydroxylation is 1. The number of benzene rings is 1. The first-order valence-corrected chi connectivity index (χ1v) is 6.13. The zero-order valence-electron chi connectivity index (χ0n) is 9.73. The Morgan fingerprint density at radius 2 is 2.00 bits per heavy atom. The van der Waals surface area contributed by atoms with E-state index < -0.39 is 11.6 Å². The molecule has 0 amide bonds. The van der Waals surface area contributed by atoms with E-state index in [1.54, 1.807) is 7.05 Å². The Morgan fingerprint density at radius 1 is 1.33 bits per heavy atom. The van der Waals surface area contributed by atoms with Crippen molar-refractivity contribution < 1.29 is 8.78 Å². The summed E-state index contributed by atoms with van der Waals surface area (Å²) in [5, 5.41) is 4.27. The first-order valence-electron chi connectivity index (χ1n) is 5.31. The lowest BCUT2D eigenvalue weighted by molar-refractivity contribution is 0.536. The van der Waals surface area contributed by atoms with Crippen molar-refractivity contribution in [3.8, 4) is 0 Å². The van der Waals surface area contributed by atoms with Crippen molar-refractivity contribution in [2.24, 2.45) is 12.8 Å². The van der Waals surface area contributed by atoms with Gasteiger partial charge in [0.25, 0.3) is 0 Å². The van der Waals surface area contributed by atoms with Crippen molar-refractivity contribution in [3.63, 3.8) is 0 Å². The van der Waals surface area contributed by atoms with E-state index in [0.717, 1.165) is 11.8 Å². The highest BCUT2D eigenvalue weighted by Crippen LogP contribution is 2.31. The summed E-state index contributed by atoms with van der Waals surface area (Å²) in [6.45, 7) is 0.356. The van der Waals surface area contributed by atoms with E-state index in [-0.39, 0.29) is 4.90 Å². The molecule has 1 aromatic carbocycles.